The van der Waals surface area contributed by atoms with E-state index in [1.807, 2.05) is 12.1 Å². The van der Waals surface area contributed by atoms with Crippen LogP contribution in [0.4, 0.5) is 0 Å². The molecule has 0 fully saturated rings. The highest BCUT2D eigenvalue weighted by Gasteiger charge is 2.03. The molecule has 1 radical (unpaired) electrons. The summed E-state index contributed by atoms with van der Waals surface area (Å²) < 4.78 is 0. The van der Waals surface area contributed by atoms with Crippen LogP contribution < -0.4 is 0 Å². The number of aromatic hydroxyl groups is 1. The van der Waals surface area contributed by atoms with Crippen molar-refractivity contribution in [3.63, 3.8) is 0 Å². The van der Waals surface area contributed by atoms with E-state index < -0.39 is 0 Å². The van der Waals surface area contributed by atoms with Crippen molar-refractivity contribution in [2.45, 2.75) is 50.3 Å². The molecule has 0 saturated heterocycles. The lowest BCUT2D eigenvalue weighted by Crippen LogP contribution is -1.88. The largest absolute Gasteiger partial charge is 0.506 e. The van der Waals surface area contributed by atoms with Crippen LogP contribution in [0.5, 0.6) is 5.75 Å². The number of rotatable bonds is 6. The minimum absolute atomic E-state index is 0.246. The molecule has 15 heavy (non-hydrogen) atoms. The molecule has 1 aromatic carbocycles. The van der Waals surface area contributed by atoms with E-state index in [0.29, 0.717) is 4.90 Å². The molecule has 0 atom stereocenters. The number of hydrogen-bond acceptors (Lipinski definition) is 1. The number of phenols is 1. The molecule has 0 aromatic heterocycles. The first-order chi connectivity index (χ1) is 7.25. The van der Waals surface area contributed by atoms with Crippen molar-refractivity contribution in [1.82, 2.24) is 0 Å². The number of unbranched alkanes of at least 4 members (excludes halogenated alkanes) is 4. The first-order valence-corrected chi connectivity index (χ1v) is 6.14. The normalized spacial score (nSPS) is 10.5. The van der Waals surface area contributed by atoms with Crippen LogP contribution in [0.1, 0.15) is 44.6 Å². The average Bonchev–Trinajstić information content (AvgIpc) is 2.24. The summed E-state index contributed by atoms with van der Waals surface area (Å²) in [5.74, 6) is 0.246. The molecule has 0 unspecified atom stereocenters. The highest BCUT2D eigenvalue weighted by atomic mass is 32.1. The summed E-state index contributed by atoms with van der Waals surface area (Å²) in [6.45, 7) is 2.22. The van der Waals surface area contributed by atoms with E-state index in [9.17, 15) is 5.11 Å². The van der Waals surface area contributed by atoms with Crippen molar-refractivity contribution < 1.29 is 5.11 Å². The van der Waals surface area contributed by atoms with Crippen molar-refractivity contribution in [3.05, 3.63) is 23.8 Å². The van der Waals surface area contributed by atoms with E-state index >= 15 is 0 Å². The standard InChI is InChI=1S/C13H19OS/c1-2-3-4-5-6-8-11-9-7-10-12(14)13(11)15/h7,9-10,14H,2-6,8H2,1H3. The van der Waals surface area contributed by atoms with Gasteiger partial charge in [-0.15, -0.1) is 0 Å². The number of aryl methyl sites for hydroxylation is 1. The quantitative estimate of drug-likeness (QED) is 0.706. The zero-order valence-electron chi connectivity index (χ0n) is 9.33. The SMILES string of the molecule is CCCCCCCc1cccc(O)c1[S]. The predicted molar refractivity (Wildman–Crippen MR) is 66.4 cm³/mol. The fraction of sp³-hybridized carbons (Fsp3) is 0.538. The molecule has 1 rings (SSSR count). The Balaban J connectivity index is 2.34. The molecule has 1 N–H and O–H groups in total. The Hall–Kier alpha value is -0.760. The lowest BCUT2D eigenvalue weighted by molar-refractivity contribution is 0.460. The summed E-state index contributed by atoms with van der Waals surface area (Å²) in [6.07, 6.45) is 7.34. The molecule has 0 aliphatic carbocycles. The molecular formula is C13H19OS. The molecule has 0 aliphatic rings. The topological polar surface area (TPSA) is 20.2 Å². The van der Waals surface area contributed by atoms with E-state index in [0.717, 1.165) is 12.0 Å². The average molecular weight is 223 g/mol. The van der Waals surface area contributed by atoms with Crippen molar-refractivity contribution in [1.29, 1.82) is 0 Å². The summed E-state index contributed by atoms with van der Waals surface area (Å²) in [4.78, 5) is 0.632. The molecule has 0 amide bonds. The van der Waals surface area contributed by atoms with Gasteiger partial charge in [0.05, 0.1) is 4.90 Å². The van der Waals surface area contributed by atoms with Gasteiger partial charge in [0.15, 0.2) is 0 Å². The second-order valence-corrected chi connectivity index (χ2v) is 4.34. The van der Waals surface area contributed by atoms with Gasteiger partial charge in [0.1, 0.15) is 5.75 Å². The molecule has 0 bridgehead atoms. The van der Waals surface area contributed by atoms with E-state index in [4.69, 9.17) is 12.6 Å². The van der Waals surface area contributed by atoms with Gasteiger partial charge in [0.2, 0.25) is 0 Å². The Morgan fingerprint density at radius 3 is 2.60 bits per heavy atom. The molecule has 1 nitrogen and oxygen atoms in total. The number of hydrogen-bond donors (Lipinski definition) is 1. The van der Waals surface area contributed by atoms with Gasteiger partial charge in [0.25, 0.3) is 0 Å². The van der Waals surface area contributed by atoms with Crippen LogP contribution in [0.2, 0.25) is 0 Å². The van der Waals surface area contributed by atoms with Gasteiger partial charge in [-0.1, -0.05) is 57.4 Å². The minimum Gasteiger partial charge on any atom is -0.506 e. The second-order valence-electron chi connectivity index (χ2n) is 3.93. The number of phenolic OH excluding ortho intramolecular Hbond substituents is 1. The fourth-order valence-corrected chi connectivity index (χ4v) is 1.93. The van der Waals surface area contributed by atoms with Gasteiger partial charge in [-0.3, -0.25) is 0 Å². The predicted octanol–water partition coefficient (Wildman–Crippen LogP) is 4.46. The van der Waals surface area contributed by atoms with Crippen LogP contribution in [-0.2, 0) is 6.42 Å². The van der Waals surface area contributed by atoms with Crippen LogP contribution >= 0.6 is 12.6 Å². The van der Waals surface area contributed by atoms with Crippen molar-refractivity contribution >= 4 is 12.6 Å². The van der Waals surface area contributed by atoms with Gasteiger partial charge in [0, 0.05) is 0 Å². The highest BCUT2D eigenvalue weighted by Crippen LogP contribution is 2.26. The number of benzene rings is 1. The summed E-state index contributed by atoms with van der Waals surface area (Å²) in [5.41, 5.74) is 1.11. The third kappa shape index (κ3) is 4.08. The zero-order valence-corrected chi connectivity index (χ0v) is 10.1. The smallest absolute Gasteiger partial charge is 0.133 e. The Bertz CT molecular complexity index is 297. The van der Waals surface area contributed by atoms with Crippen LogP contribution in [-0.4, -0.2) is 5.11 Å². The van der Waals surface area contributed by atoms with Gasteiger partial charge in [-0.05, 0) is 24.5 Å². The molecule has 0 spiro atoms. The van der Waals surface area contributed by atoms with Crippen LogP contribution in [0.25, 0.3) is 0 Å². The van der Waals surface area contributed by atoms with Gasteiger partial charge >= 0.3 is 0 Å². The molecule has 2 heteroatoms. The van der Waals surface area contributed by atoms with Gasteiger partial charge in [-0.25, -0.2) is 0 Å². The maximum absolute atomic E-state index is 9.44. The second kappa shape index (κ2) is 6.67. The highest BCUT2D eigenvalue weighted by molar-refractivity contribution is 7.80. The zero-order chi connectivity index (χ0) is 11.1. The minimum atomic E-state index is 0.246. The lowest BCUT2D eigenvalue weighted by Gasteiger charge is -2.05. The van der Waals surface area contributed by atoms with Crippen molar-refractivity contribution in [3.8, 4) is 5.75 Å². The van der Waals surface area contributed by atoms with Gasteiger partial charge in [-0.2, -0.15) is 0 Å². The summed E-state index contributed by atoms with van der Waals surface area (Å²) in [6, 6.07) is 5.54. The van der Waals surface area contributed by atoms with Crippen LogP contribution in [0.15, 0.2) is 23.1 Å². The summed E-state index contributed by atoms with van der Waals surface area (Å²) in [7, 11) is 0. The molecule has 0 aliphatic heterocycles. The fourth-order valence-electron chi connectivity index (χ4n) is 1.69. The maximum atomic E-state index is 9.44. The monoisotopic (exact) mass is 223 g/mol. The third-order valence-electron chi connectivity index (χ3n) is 2.63. The Morgan fingerprint density at radius 2 is 1.87 bits per heavy atom. The molecular weight excluding hydrogens is 204 g/mol. The van der Waals surface area contributed by atoms with E-state index in [1.54, 1.807) is 6.07 Å². The third-order valence-corrected chi connectivity index (χ3v) is 3.10. The molecule has 1 aromatic rings. The van der Waals surface area contributed by atoms with Crippen LogP contribution in [0.3, 0.4) is 0 Å². The Kier molecular flexibility index (Phi) is 5.48. The molecule has 0 saturated carbocycles. The summed E-state index contributed by atoms with van der Waals surface area (Å²) >= 11 is 5.14. The first-order valence-electron chi connectivity index (χ1n) is 5.73. The maximum Gasteiger partial charge on any atom is 0.133 e. The Morgan fingerprint density at radius 1 is 1.13 bits per heavy atom. The Labute approximate surface area is 97.9 Å². The van der Waals surface area contributed by atoms with Crippen molar-refractivity contribution in [2.75, 3.05) is 0 Å². The van der Waals surface area contributed by atoms with Crippen LogP contribution in [0, 0.1) is 0 Å². The van der Waals surface area contributed by atoms with E-state index in [-0.39, 0.29) is 5.75 Å². The summed E-state index contributed by atoms with van der Waals surface area (Å²) in [5, 5.41) is 9.44. The van der Waals surface area contributed by atoms with Gasteiger partial charge < -0.3 is 5.11 Å². The molecule has 83 valence electrons. The first kappa shape index (κ1) is 12.3. The van der Waals surface area contributed by atoms with E-state index in [1.165, 1.54) is 32.1 Å². The van der Waals surface area contributed by atoms with E-state index in [2.05, 4.69) is 6.92 Å². The lowest BCUT2D eigenvalue weighted by atomic mass is 10.1. The molecule has 0 heterocycles. The van der Waals surface area contributed by atoms with Crippen molar-refractivity contribution in [2.24, 2.45) is 0 Å².